The van der Waals surface area contributed by atoms with E-state index in [-0.39, 0.29) is 25.5 Å². The van der Waals surface area contributed by atoms with Crippen LogP contribution in [0, 0.1) is 6.92 Å². The molecule has 6 nitrogen and oxygen atoms in total. The van der Waals surface area contributed by atoms with Crippen molar-refractivity contribution in [2.45, 2.75) is 32.2 Å². The number of nitrogens with one attached hydrogen (secondary N) is 1. The van der Waals surface area contributed by atoms with Crippen LogP contribution in [-0.2, 0) is 9.53 Å². The molecule has 0 saturated heterocycles. The second-order valence-corrected chi connectivity index (χ2v) is 9.19. The lowest BCUT2D eigenvalue weighted by Gasteiger charge is -2.35. The van der Waals surface area contributed by atoms with Crippen molar-refractivity contribution in [3.63, 3.8) is 0 Å². The highest BCUT2D eigenvalue weighted by Crippen LogP contribution is 2.44. The number of aryl methyl sites for hydroxylation is 1. The molecular weight excluding hydrogens is 440 g/mol. The van der Waals surface area contributed by atoms with Gasteiger partial charge in [-0.15, -0.1) is 0 Å². The van der Waals surface area contributed by atoms with Crippen LogP contribution in [0.5, 0.6) is 0 Å². The minimum Gasteiger partial charge on any atom is -0.480 e. The van der Waals surface area contributed by atoms with E-state index in [1.165, 1.54) is 4.90 Å². The number of fused-ring (bicyclic) bond motifs is 3. The summed E-state index contributed by atoms with van der Waals surface area (Å²) in [5, 5.41) is 13.2. The number of amides is 1. The second kappa shape index (κ2) is 9.29. The zero-order chi connectivity index (χ0) is 24.5. The van der Waals surface area contributed by atoms with Crippen LogP contribution in [0.25, 0.3) is 11.1 Å². The van der Waals surface area contributed by atoms with Crippen molar-refractivity contribution in [2.24, 2.45) is 0 Å². The first-order valence-corrected chi connectivity index (χ1v) is 11.8. The fourth-order valence-electron chi connectivity index (χ4n) is 5.05. The minimum atomic E-state index is -1.03. The Morgan fingerprint density at radius 1 is 0.943 bits per heavy atom. The summed E-state index contributed by atoms with van der Waals surface area (Å²) in [6.07, 6.45) is -0.371. The van der Waals surface area contributed by atoms with Crippen LogP contribution >= 0.6 is 0 Å². The maximum Gasteiger partial charge on any atom is 0.410 e. The molecule has 0 saturated carbocycles. The highest BCUT2D eigenvalue weighted by Gasteiger charge is 2.37. The molecule has 1 heterocycles. The molecule has 178 valence electrons. The van der Waals surface area contributed by atoms with Gasteiger partial charge in [-0.05, 0) is 53.3 Å². The molecule has 3 aromatic carbocycles. The fourth-order valence-corrected chi connectivity index (χ4v) is 5.05. The highest BCUT2D eigenvalue weighted by molar-refractivity contribution is 5.82. The molecule has 1 atom stereocenters. The normalized spacial score (nSPS) is 17.1. The molecule has 1 aliphatic heterocycles. The lowest BCUT2D eigenvalue weighted by molar-refractivity contribution is -0.142. The molecule has 0 bridgehead atoms. The topological polar surface area (TPSA) is 78.9 Å². The van der Waals surface area contributed by atoms with Crippen molar-refractivity contribution in [2.75, 3.05) is 18.5 Å². The van der Waals surface area contributed by atoms with Crippen LogP contribution in [0.4, 0.5) is 10.5 Å². The van der Waals surface area contributed by atoms with Gasteiger partial charge >= 0.3 is 12.1 Å². The van der Waals surface area contributed by atoms with Crippen LogP contribution in [0.2, 0.25) is 0 Å². The molecular formula is C29H28N2O4. The number of carboxylic acid groups (broad SMARTS) is 1. The van der Waals surface area contributed by atoms with E-state index in [2.05, 4.69) is 29.6 Å². The number of carbonyl (C=O) groups is 2. The van der Waals surface area contributed by atoms with Crippen molar-refractivity contribution < 1.29 is 19.4 Å². The predicted molar refractivity (Wildman–Crippen MR) is 135 cm³/mol. The maximum atomic E-state index is 13.3. The van der Waals surface area contributed by atoms with Gasteiger partial charge in [-0.1, -0.05) is 66.7 Å². The highest BCUT2D eigenvalue weighted by atomic mass is 16.6. The molecule has 0 spiro atoms. The predicted octanol–water partition coefficient (Wildman–Crippen LogP) is 5.79. The van der Waals surface area contributed by atoms with Gasteiger partial charge in [0.15, 0.2) is 0 Å². The van der Waals surface area contributed by atoms with Crippen LogP contribution < -0.4 is 5.32 Å². The molecule has 6 heteroatoms. The number of benzene rings is 3. The average Bonchev–Trinajstić information content (AvgIpc) is 3.18. The second-order valence-electron chi connectivity index (χ2n) is 9.19. The Balaban J connectivity index is 1.35. The standard InChI is InChI=1S/C29H28N2O4/c1-18-9-3-8-14-25(18)30-26-16-31(27(28(32)33)15-19(26)2)29(34)35-17-24-22-12-6-4-10-20(22)21-11-5-7-13-23(21)24/h3-14,24,27,30H,15-17H2,1-2H3,(H,32,33)/t27-/m0/s1. The van der Waals surface area contributed by atoms with Gasteiger partial charge in [0.05, 0.1) is 6.54 Å². The number of carboxylic acids is 1. The summed E-state index contributed by atoms with van der Waals surface area (Å²) >= 11 is 0. The molecule has 2 N–H and O–H groups in total. The summed E-state index contributed by atoms with van der Waals surface area (Å²) in [5.41, 5.74) is 8.28. The quantitative estimate of drug-likeness (QED) is 0.496. The molecule has 1 aliphatic carbocycles. The summed E-state index contributed by atoms with van der Waals surface area (Å²) < 4.78 is 5.79. The number of nitrogens with zero attached hydrogens (tertiary/aromatic N) is 1. The molecule has 0 fully saturated rings. The van der Waals surface area contributed by atoms with E-state index >= 15 is 0 Å². The van der Waals surface area contributed by atoms with Crippen molar-refractivity contribution in [3.8, 4) is 11.1 Å². The van der Waals surface area contributed by atoms with Gasteiger partial charge in [-0.3, -0.25) is 4.90 Å². The van der Waals surface area contributed by atoms with Gasteiger partial charge in [0.2, 0.25) is 0 Å². The maximum absolute atomic E-state index is 13.3. The van der Waals surface area contributed by atoms with E-state index in [9.17, 15) is 14.7 Å². The lowest BCUT2D eigenvalue weighted by atomic mass is 9.98. The zero-order valence-electron chi connectivity index (χ0n) is 19.8. The van der Waals surface area contributed by atoms with Crippen LogP contribution in [0.1, 0.15) is 36.0 Å². The molecule has 3 aromatic rings. The van der Waals surface area contributed by atoms with Crippen LogP contribution in [0.3, 0.4) is 0 Å². The molecule has 5 rings (SSSR count). The van der Waals surface area contributed by atoms with Crippen molar-refractivity contribution in [1.29, 1.82) is 0 Å². The average molecular weight is 469 g/mol. The van der Waals surface area contributed by atoms with Crippen LogP contribution in [0.15, 0.2) is 84.1 Å². The fraction of sp³-hybridized carbons (Fsp3) is 0.241. The Hall–Kier alpha value is -4.06. The van der Waals surface area contributed by atoms with E-state index in [4.69, 9.17) is 4.74 Å². The smallest absolute Gasteiger partial charge is 0.410 e. The Labute approximate surface area is 204 Å². The van der Waals surface area contributed by atoms with Gasteiger partial charge in [-0.25, -0.2) is 9.59 Å². The summed E-state index contributed by atoms with van der Waals surface area (Å²) in [7, 11) is 0. The third kappa shape index (κ3) is 4.28. The van der Waals surface area contributed by atoms with E-state index in [1.54, 1.807) is 0 Å². The Morgan fingerprint density at radius 3 is 2.17 bits per heavy atom. The van der Waals surface area contributed by atoms with Gasteiger partial charge in [0.25, 0.3) is 0 Å². The SMILES string of the molecule is CC1=C(Nc2ccccc2C)CN(C(=O)OCC2c3ccccc3-c3ccccc32)[C@H](C(=O)O)C1. The molecule has 35 heavy (non-hydrogen) atoms. The zero-order valence-corrected chi connectivity index (χ0v) is 19.8. The molecule has 2 aliphatic rings. The van der Waals surface area contributed by atoms with Gasteiger partial charge in [0.1, 0.15) is 12.6 Å². The van der Waals surface area contributed by atoms with Crippen LogP contribution in [-0.4, -0.2) is 41.3 Å². The summed E-state index contributed by atoms with van der Waals surface area (Å²) in [4.78, 5) is 26.6. The first kappa shape index (κ1) is 22.7. The van der Waals surface area contributed by atoms with Crippen molar-refractivity contribution in [1.82, 2.24) is 4.90 Å². The third-order valence-corrected chi connectivity index (χ3v) is 7.01. The summed E-state index contributed by atoms with van der Waals surface area (Å²) in [5.74, 6) is -1.12. The first-order valence-electron chi connectivity index (χ1n) is 11.8. The first-order chi connectivity index (χ1) is 16.9. The molecule has 1 amide bonds. The number of anilines is 1. The van der Waals surface area contributed by atoms with E-state index in [0.717, 1.165) is 44.8 Å². The Kier molecular flexibility index (Phi) is 6.03. The van der Waals surface area contributed by atoms with Gasteiger partial charge < -0.3 is 15.2 Å². The number of hydrogen-bond donors (Lipinski definition) is 2. The lowest BCUT2D eigenvalue weighted by Crippen LogP contribution is -2.49. The summed E-state index contributed by atoms with van der Waals surface area (Å²) in [6, 6.07) is 23.2. The number of rotatable bonds is 5. The number of aliphatic carboxylic acids is 1. The van der Waals surface area contributed by atoms with E-state index in [1.807, 2.05) is 62.4 Å². The van der Waals surface area contributed by atoms with Gasteiger partial charge in [0, 0.05) is 23.7 Å². The third-order valence-electron chi connectivity index (χ3n) is 7.01. The Morgan fingerprint density at radius 2 is 1.54 bits per heavy atom. The molecule has 0 unspecified atom stereocenters. The number of hydrogen-bond acceptors (Lipinski definition) is 4. The monoisotopic (exact) mass is 468 g/mol. The van der Waals surface area contributed by atoms with E-state index in [0.29, 0.717) is 0 Å². The molecule has 0 radical (unpaired) electrons. The van der Waals surface area contributed by atoms with Crippen molar-refractivity contribution in [3.05, 3.63) is 101 Å². The summed E-state index contributed by atoms with van der Waals surface area (Å²) in [6.45, 7) is 4.21. The largest absolute Gasteiger partial charge is 0.480 e. The minimum absolute atomic E-state index is 0.0822. The number of para-hydroxylation sites is 1. The van der Waals surface area contributed by atoms with Crippen molar-refractivity contribution >= 4 is 17.7 Å². The van der Waals surface area contributed by atoms with Gasteiger partial charge in [-0.2, -0.15) is 0 Å². The number of ether oxygens (including phenoxy) is 1. The van der Waals surface area contributed by atoms with E-state index < -0.39 is 18.1 Å². The number of carbonyl (C=O) groups excluding carboxylic acids is 1. The molecule has 0 aromatic heterocycles. The Bertz CT molecular complexity index is 1280.